The first-order valence-corrected chi connectivity index (χ1v) is 7.52. The van der Waals surface area contributed by atoms with Crippen LogP contribution in [0.3, 0.4) is 0 Å². The first-order valence-electron chi connectivity index (χ1n) is 6.64. The minimum Gasteiger partial charge on any atom is -0.397 e. The van der Waals surface area contributed by atoms with Crippen LogP contribution >= 0.6 is 11.3 Å². The average molecular weight is 289 g/mol. The van der Waals surface area contributed by atoms with E-state index in [1.165, 1.54) is 4.88 Å². The number of carbonyl (C=O) groups is 1. The van der Waals surface area contributed by atoms with Gasteiger partial charge in [-0.05, 0) is 43.0 Å². The summed E-state index contributed by atoms with van der Waals surface area (Å²) >= 11 is 1.75. The highest BCUT2D eigenvalue weighted by Crippen LogP contribution is 2.20. The van der Waals surface area contributed by atoms with Crippen LogP contribution in [0, 0.1) is 0 Å². The standard InChI is InChI=1S/C15H19N3OS/c1-2-17-15(19)11-5-6-14(13(16)10-11)18-8-7-12-4-3-9-20-12/h3-6,9-10,18H,2,7-8,16H2,1H3,(H,17,19). The van der Waals surface area contributed by atoms with E-state index in [2.05, 4.69) is 28.1 Å². The van der Waals surface area contributed by atoms with Crippen molar-refractivity contribution in [2.75, 3.05) is 24.1 Å². The number of nitrogen functional groups attached to an aromatic ring is 1. The van der Waals surface area contributed by atoms with Gasteiger partial charge in [0.2, 0.25) is 0 Å². The maximum Gasteiger partial charge on any atom is 0.251 e. The maximum absolute atomic E-state index is 11.7. The van der Waals surface area contributed by atoms with Crippen LogP contribution in [0.1, 0.15) is 22.2 Å². The van der Waals surface area contributed by atoms with Gasteiger partial charge in [-0.2, -0.15) is 0 Å². The molecule has 1 aromatic heterocycles. The zero-order valence-corrected chi connectivity index (χ0v) is 12.3. The van der Waals surface area contributed by atoms with E-state index in [-0.39, 0.29) is 5.91 Å². The molecular weight excluding hydrogens is 270 g/mol. The summed E-state index contributed by atoms with van der Waals surface area (Å²) in [5.41, 5.74) is 8.03. The number of amides is 1. The van der Waals surface area contributed by atoms with Gasteiger partial charge in [-0.25, -0.2) is 0 Å². The number of anilines is 2. The van der Waals surface area contributed by atoms with Crippen LogP contribution in [0.4, 0.5) is 11.4 Å². The lowest BCUT2D eigenvalue weighted by molar-refractivity contribution is 0.0956. The highest BCUT2D eigenvalue weighted by Gasteiger charge is 2.07. The molecule has 106 valence electrons. The first kappa shape index (κ1) is 14.4. The van der Waals surface area contributed by atoms with Gasteiger partial charge in [-0.1, -0.05) is 6.07 Å². The number of thiophene rings is 1. The Hall–Kier alpha value is -2.01. The van der Waals surface area contributed by atoms with Gasteiger partial charge in [0, 0.05) is 23.5 Å². The first-order chi connectivity index (χ1) is 9.70. The predicted octanol–water partition coefficient (Wildman–Crippen LogP) is 2.73. The topological polar surface area (TPSA) is 67.2 Å². The van der Waals surface area contributed by atoms with Crippen molar-refractivity contribution in [2.45, 2.75) is 13.3 Å². The van der Waals surface area contributed by atoms with Gasteiger partial charge in [-0.15, -0.1) is 11.3 Å². The summed E-state index contributed by atoms with van der Waals surface area (Å²) in [5.74, 6) is -0.0932. The van der Waals surface area contributed by atoms with Crippen molar-refractivity contribution in [1.82, 2.24) is 5.32 Å². The Kier molecular flexibility index (Phi) is 5.01. The summed E-state index contributed by atoms with van der Waals surface area (Å²) < 4.78 is 0. The van der Waals surface area contributed by atoms with Crippen LogP contribution in [0.2, 0.25) is 0 Å². The van der Waals surface area contributed by atoms with Crippen molar-refractivity contribution in [2.24, 2.45) is 0 Å². The Balaban J connectivity index is 1.93. The zero-order valence-electron chi connectivity index (χ0n) is 11.5. The van der Waals surface area contributed by atoms with Gasteiger partial charge in [-0.3, -0.25) is 4.79 Å². The molecule has 0 atom stereocenters. The van der Waals surface area contributed by atoms with Crippen LogP contribution in [-0.2, 0) is 6.42 Å². The molecule has 4 nitrogen and oxygen atoms in total. The molecule has 0 saturated carbocycles. The molecule has 1 heterocycles. The number of nitrogens with two attached hydrogens (primary N) is 1. The van der Waals surface area contributed by atoms with Crippen molar-refractivity contribution < 1.29 is 4.79 Å². The third-order valence-electron chi connectivity index (χ3n) is 2.92. The van der Waals surface area contributed by atoms with Gasteiger partial charge in [0.05, 0.1) is 11.4 Å². The van der Waals surface area contributed by atoms with E-state index in [1.807, 2.05) is 13.0 Å². The smallest absolute Gasteiger partial charge is 0.251 e. The van der Waals surface area contributed by atoms with Gasteiger partial charge in [0.15, 0.2) is 0 Å². The number of carbonyl (C=O) groups excluding carboxylic acids is 1. The lowest BCUT2D eigenvalue weighted by atomic mass is 10.1. The second-order valence-corrected chi connectivity index (χ2v) is 5.45. The summed E-state index contributed by atoms with van der Waals surface area (Å²) in [4.78, 5) is 13.0. The predicted molar refractivity (Wildman–Crippen MR) is 85.4 cm³/mol. The molecule has 0 radical (unpaired) electrons. The number of hydrogen-bond donors (Lipinski definition) is 3. The maximum atomic E-state index is 11.7. The molecule has 0 aliphatic carbocycles. The Morgan fingerprint density at radius 1 is 1.35 bits per heavy atom. The van der Waals surface area contributed by atoms with E-state index < -0.39 is 0 Å². The van der Waals surface area contributed by atoms with Crippen LogP contribution < -0.4 is 16.4 Å². The molecule has 1 amide bonds. The highest BCUT2D eigenvalue weighted by atomic mass is 32.1. The molecule has 5 heteroatoms. The monoisotopic (exact) mass is 289 g/mol. The molecule has 0 unspecified atom stereocenters. The molecule has 0 aliphatic heterocycles. The summed E-state index contributed by atoms with van der Waals surface area (Å²) in [6.45, 7) is 3.33. The Bertz CT molecular complexity index is 567. The molecule has 0 saturated heterocycles. The molecule has 20 heavy (non-hydrogen) atoms. The second kappa shape index (κ2) is 6.96. The quantitative estimate of drug-likeness (QED) is 0.716. The molecule has 0 spiro atoms. The van der Waals surface area contributed by atoms with E-state index in [0.717, 1.165) is 18.7 Å². The van der Waals surface area contributed by atoms with Crippen molar-refractivity contribution in [1.29, 1.82) is 0 Å². The highest BCUT2D eigenvalue weighted by molar-refractivity contribution is 7.09. The van der Waals surface area contributed by atoms with Crippen LogP contribution in [0.15, 0.2) is 35.7 Å². The summed E-state index contributed by atoms with van der Waals surface area (Å²) in [6, 6.07) is 9.52. The summed E-state index contributed by atoms with van der Waals surface area (Å²) in [5, 5.41) is 8.13. The fourth-order valence-corrected chi connectivity index (χ4v) is 2.61. The van der Waals surface area contributed by atoms with Gasteiger partial charge < -0.3 is 16.4 Å². The SMILES string of the molecule is CCNC(=O)c1ccc(NCCc2cccs2)c(N)c1. The Morgan fingerprint density at radius 2 is 2.20 bits per heavy atom. The Labute approximate surface area is 123 Å². The summed E-state index contributed by atoms with van der Waals surface area (Å²) in [6.07, 6.45) is 0.967. The Morgan fingerprint density at radius 3 is 2.85 bits per heavy atom. The number of rotatable bonds is 6. The second-order valence-electron chi connectivity index (χ2n) is 4.42. The van der Waals surface area contributed by atoms with Crippen molar-refractivity contribution in [3.8, 4) is 0 Å². The fourth-order valence-electron chi connectivity index (χ4n) is 1.90. The zero-order chi connectivity index (χ0) is 14.4. The number of benzene rings is 1. The van der Waals surface area contributed by atoms with Crippen molar-refractivity contribution >= 4 is 28.6 Å². The average Bonchev–Trinajstić information content (AvgIpc) is 2.94. The molecule has 0 aliphatic rings. The van der Waals surface area contributed by atoms with E-state index in [4.69, 9.17) is 5.73 Å². The van der Waals surface area contributed by atoms with Crippen LogP contribution in [0.25, 0.3) is 0 Å². The molecule has 2 aromatic rings. The minimum absolute atomic E-state index is 0.0932. The molecular formula is C15H19N3OS. The van der Waals surface area contributed by atoms with Crippen molar-refractivity contribution in [3.05, 3.63) is 46.2 Å². The van der Waals surface area contributed by atoms with Crippen LogP contribution in [-0.4, -0.2) is 19.0 Å². The number of nitrogens with one attached hydrogen (secondary N) is 2. The van der Waals surface area contributed by atoms with E-state index >= 15 is 0 Å². The van der Waals surface area contributed by atoms with E-state index in [1.54, 1.807) is 23.5 Å². The molecule has 4 N–H and O–H groups in total. The van der Waals surface area contributed by atoms with Gasteiger partial charge >= 0.3 is 0 Å². The molecule has 2 rings (SSSR count). The van der Waals surface area contributed by atoms with E-state index in [0.29, 0.717) is 17.8 Å². The lowest BCUT2D eigenvalue weighted by Gasteiger charge is -2.10. The minimum atomic E-state index is -0.0932. The lowest BCUT2D eigenvalue weighted by Crippen LogP contribution is -2.22. The number of hydrogen-bond acceptors (Lipinski definition) is 4. The molecule has 0 bridgehead atoms. The van der Waals surface area contributed by atoms with Gasteiger partial charge in [0.25, 0.3) is 5.91 Å². The third kappa shape index (κ3) is 3.74. The van der Waals surface area contributed by atoms with Gasteiger partial charge in [0.1, 0.15) is 0 Å². The van der Waals surface area contributed by atoms with E-state index in [9.17, 15) is 4.79 Å². The van der Waals surface area contributed by atoms with Crippen molar-refractivity contribution in [3.63, 3.8) is 0 Å². The molecule has 0 fully saturated rings. The third-order valence-corrected chi connectivity index (χ3v) is 3.85. The largest absolute Gasteiger partial charge is 0.397 e. The normalized spacial score (nSPS) is 10.2. The fraction of sp³-hybridized carbons (Fsp3) is 0.267. The summed E-state index contributed by atoms with van der Waals surface area (Å²) in [7, 11) is 0. The molecule has 1 aromatic carbocycles. The van der Waals surface area contributed by atoms with Crippen LogP contribution in [0.5, 0.6) is 0 Å².